The lowest BCUT2D eigenvalue weighted by molar-refractivity contribution is -0.140. The van der Waals surface area contributed by atoms with Gasteiger partial charge in [-0.3, -0.25) is 0 Å². The minimum atomic E-state index is -1.48. The van der Waals surface area contributed by atoms with Gasteiger partial charge in [-0.2, -0.15) is 0 Å². The van der Waals surface area contributed by atoms with Crippen LogP contribution in [0.2, 0.25) is 0 Å². The van der Waals surface area contributed by atoms with Crippen LogP contribution >= 0.6 is 0 Å². The Labute approximate surface area is 92.0 Å². The van der Waals surface area contributed by atoms with E-state index in [2.05, 4.69) is 5.32 Å². The SMILES string of the molecule is Cc1cccc(NC=C(C(=O)O)C(=O)O)c1. The van der Waals surface area contributed by atoms with Crippen molar-refractivity contribution in [1.82, 2.24) is 0 Å². The molecular weight excluding hydrogens is 210 g/mol. The lowest BCUT2D eigenvalue weighted by Gasteiger charge is -2.02. The fourth-order valence-electron chi connectivity index (χ4n) is 1.11. The van der Waals surface area contributed by atoms with Crippen LogP contribution in [-0.2, 0) is 9.59 Å². The van der Waals surface area contributed by atoms with Crippen LogP contribution in [0.5, 0.6) is 0 Å². The molecule has 0 spiro atoms. The number of carbonyl (C=O) groups is 2. The topological polar surface area (TPSA) is 86.6 Å². The van der Waals surface area contributed by atoms with Crippen LogP contribution in [0.3, 0.4) is 0 Å². The van der Waals surface area contributed by atoms with Crippen LogP contribution in [-0.4, -0.2) is 22.2 Å². The Morgan fingerprint density at radius 3 is 2.38 bits per heavy atom. The van der Waals surface area contributed by atoms with Gasteiger partial charge in [0.2, 0.25) is 0 Å². The Hall–Kier alpha value is -2.30. The molecule has 0 aliphatic heterocycles. The van der Waals surface area contributed by atoms with Crippen molar-refractivity contribution in [3.05, 3.63) is 41.6 Å². The van der Waals surface area contributed by atoms with Gasteiger partial charge in [0.25, 0.3) is 0 Å². The van der Waals surface area contributed by atoms with Gasteiger partial charge in [0.05, 0.1) is 0 Å². The average molecular weight is 221 g/mol. The van der Waals surface area contributed by atoms with Crippen molar-refractivity contribution >= 4 is 17.6 Å². The molecule has 1 rings (SSSR count). The number of hydrogen-bond acceptors (Lipinski definition) is 3. The number of hydrogen-bond donors (Lipinski definition) is 3. The largest absolute Gasteiger partial charge is 0.477 e. The molecule has 0 aliphatic rings. The van der Waals surface area contributed by atoms with Crippen molar-refractivity contribution < 1.29 is 19.8 Å². The zero-order chi connectivity index (χ0) is 12.1. The molecule has 0 unspecified atom stereocenters. The summed E-state index contributed by atoms with van der Waals surface area (Å²) >= 11 is 0. The molecule has 0 aliphatic carbocycles. The van der Waals surface area contributed by atoms with Crippen molar-refractivity contribution in [2.24, 2.45) is 0 Å². The highest BCUT2D eigenvalue weighted by Crippen LogP contribution is 2.10. The standard InChI is InChI=1S/C11H11NO4/c1-7-3-2-4-8(5-7)12-6-9(10(13)14)11(15)16/h2-6,12H,1H3,(H,13,14)(H,15,16). The summed E-state index contributed by atoms with van der Waals surface area (Å²) < 4.78 is 0. The first-order valence-corrected chi connectivity index (χ1v) is 4.50. The van der Waals surface area contributed by atoms with Crippen molar-refractivity contribution in [2.75, 3.05) is 5.32 Å². The van der Waals surface area contributed by atoms with E-state index in [4.69, 9.17) is 10.2 Å². The normalized spacial score (nSPS) is 9.31. The number of nitrogens with one attached hydrogen (secondary N) is 1. The molecule has 0 saturated carbocycles. The molecule has 5 nitrogen and oxygen atoms in total. The summed E-state index contributed by atoms with van der Waals surface area (Å²) in [5.74, 6) is -2.96. The van der Waals surface area contributed by atoms with E-state index in [-0.39, 0.29) is 0 Å². The number of carboxylic acid groups (broad SMARTS) is 2. The maximum atomic E-state index is 10.5. The van der Waals surface area contributed by atoms with Crippen LogP contribution in [0.4, 0.5) is 5.69 Å². The van der Waals surface area contributed by atoms with Crippen molar-refractivity contribution in [1.29, 1.82) is 0 Å². The molecule has 0 aromatic heterocycles. The molecule has 0 atom stereocenters. The van der Waals surface area contributed by atoms with Gasteiger partial charge in [0, 0.05) is 11.9 Å². The molecule has 0 radical (unpaired) electrons. The summed E-state index contributed by atoms with van der Waals surface area (Å²) in [6.45, 7) is 1.88. The fourth-order valence-corrected chi connectivity index (χ4v) is 1.11. The second-order valence-corrected chi connectivity index (χ2v) is 3.18. The maximum Gasteiger partial charge on any atom is 0.344 e. The third-order valence-electron chi connectivity index (χ3n) is 1.86. The van der Waals surface area contributed by atoms with E-state index >= 15 is 0 Å². The van der Waals surface area contributed by atoms with E-state index in [0.29, 0.717) is 5.69 Å². The molecule has 1 aromatic rings. The Bertz CT molecular complexity index is 435. The van der Waals surface area contributed by atoms with Crippen LogP contribution in [0.15, 0.2) is 36.0 Å². The minimum absolute atomic E-state index is 0.639. The van der Waals surface area contributed by atoms with Gasteiger partial charge in [0.15, 0.2) is 5.57 Å². The number of carboxylic acids is 2. The number of aliphatic carboxylic acids is 2. The van der Waals surface area contributed by atoms with Crippen LogP contribution < -0.4 is 5.32 Å². The zero-order valence-corrected chi connectivity index (χ0v) is 8.60. The van der Waals surface area contributed by atoms with Crippen LogP contribution in [0, 0.1) is 6.92 Å². The number of rotatable bonds is 4. The Kier molecular flexibility index (Phi) is 3.66. The van der Waals surface area contributed by atoms with Gasteiger partial charge in [-0.25, -0.2) is 9.59 Å². The quantitative estimate of drug-likeness (QED) is 0.407. The summed E-state index contributed by atoms with van der Waals surface area (Å²) in [5.41, 5.74) is 0.923. The molecule has 0 amide bonds. The Balaban J connectivity index is 2.85. The molecule has 0 bridgehead atoms. The van der Waals surface area contributed by atoms with Crippen LogP contribution in [0.1, 0.15) is 5.56 Å². The summed E-state index contributed by atoms with van der Waals surface area (Å²) in [7, 11) is 0. The van der Waals surface area contributed by atoms with Gasteiger partial charge < -0.3 is 15.5 Å². The van der Waals surface area contributed by atoms with Crippen molar-refractivity contribution in [3.63, 3.8) is 0 Å². The molecule has 1 aromatic carbocycles. The Morgan fingerprint density at radius 2 is 1.88 bits per heavy atom. The first kappa shape index (κ1) is 11.8. The molecule has 0 saturated heterocycles. The zero-order valence-electron chi connectivity index (χ0n) is 8.60. The summed E-state index contributed by atoms with van der Waals surface area (Å²) in [5, 5.41) is 19.8. The van der Waals surface area contributed by atoms with Gasteiger partial charge in [-0.1, -0.05) is 12.1 Å². The summed E-state index contributed by atoms with van der Waals surface area (Å²) in [6.07, 6.45) is 0.958. The number of anilines is 1. The monoisotopic (exact) mass is 221 g/mol. The highest BCUT2D eigenvalue weighted by atomic mass is 16.4. The molecule has 84 valence electrons. The first-order chi connectivity index (χ1) is 7.50. The Morgan fingerprint density at radius 1 is 1.25 bits per heavy atom. The molecular formula is C11H11NO4. The second-order valence-electron chi connectivity index (χ2n) is 3.18. The van der Waals surface area contributed by atoms with E-state index in [1.54, 1.807) is 18.2 Å². The van der Waals surface area contributed by atoms with Crippen LogP contribution in [0.25, 0.3) is 0 Å². The van der Waals surface area contributed by atoms with E-state index in [9.17, 15) is 9.59 Å². The summed E-state index contributed by atoms with van der Waals surface area (Å²) in [6, 6.07) is 7.15. The predicted octanol–water partition coefficient (Wildman–Crippen LogP) is 1.46. The maximum absolute atomic E-state index is 10.5. The van der Waals surface area contributed by atoms with Crippen molar-refractivity contribution in [3.8, 4) is 0 Å². The molecule has 3 N–H and O–H groups in total. The number of aryl methyl sites for hydroxylation is 1. The smallest absolute Gasteiger partial charge is 0.344 e. The minimum Gasteiger partial charge on any atom is -0.477 e. The van der Waals surface area contributed by atoms with E-state index in [1.165, 1.54) is 0 Å². The number of benzene rings is 1. The van der Waals surface area contributed by atoms with Gasteiger partial charge >= 0.3 is 11.9 Å². The molecule has 5 heteroatoms. The highest BCUT2D eigenvalue weighted by molar-refractivity contribution is 6.12. The molecule has 0 heterocycles. The average Bonchev–Trinajstić information content (AvgIpc) is 2.16. The third-order valence-corrected chi connectivity index (χ3v) is 1.86. The summed E-state index contributed by atoms with van der Waals surface area (Å²) in [4.78, 5) is 21.1. The predicted molar refractivity (Wildman–Crippen MR) is 58.2 cm³/mol. The van der Waals surface area contributed by atoms with E-state index in [0.717, 1.165) is 11.8 Å². The fraction of sp³-hybridized carbons (Fsp3) is 0.0909. The van der Waals surface area contributed by atoms with E-state index in [1.807, 2.05) is 13.0 Å². The van der Waals surface area contributed by atoms with E-state index < -0.39 is 17.5 Å². The lowest BCUT2D eigenvalue weighted by atomic mass is 10.2. The first-order valence-electron chi connectivity index (χ1n) is 4.50. The second kappa shape index (κ2) is 4.97. The van der Waals surface area contributed by atoms with Gasteiger partial charge in [0.1, 0.15) is 0 Å². The third kappa shape index (κ3) is 3.13. The lowest BCUT2D eigenvalue weighted by Crippen LogP contribution is -2.12. The van der Waals surface area contributed by atoms with Gasteiger partial charge in [-0.05, 0) is 24.6 Å². The molecule has 0 fully saturated rings. The van der Waals surface area contributed by atoms with Gasteiger partial charge in [-0.15, -0.1) is 0 Å². The highest BCUT2D eigenvalue weighted by Gasteiger charge is 2.15. The van der Waals surface area contributed by atoms with Crippen molar-refractivity contribution in [2.45, 2.75) is 6.92 Å². The molecule has 16 heavy (non-hydrogen) atoms.